The highest BCUT2D eigenvalue weighted by Gasteiger charge is 2.17. The predicted molar refractivity (Wildman–Crippen MR) is 109 cm³/mol. The third-order valence-corrected chi connectivity index (χ3v) is 5.32. The number of carbonyl (C=O) groups excluding carboxylic acids is 2. The molecule has 0 aliphatic rings. The van der Waals surface area contributed by atoms with Crippen LogP contribution in [0.2, 0.25) is 0 Å². The highest BCUT2D eigenvalue weighted by Crippen LogP contribution is 2.29. The molecule has 28 heavy (non-hydrogen) atoms. The van der Waals surface area contributed by atoms with Gasteiger partial charge >= 0.3 is 0 Å². The zero-order valence-corrected chi connectivity index (χ0v) is 16.6. The molecule has 0 spiro atoms. The second kappa shape index (κ2) is 7.90. The fourth-order valence-corrected chi connectivity index (χ4v) is 3.77. The molecule has 1 aromatic heterocycles. The van der Waals surface area contributed by atoms with Crippen molar-refractivity contribution in [3.63, 3.8) is 0 Å². The van der Waals surface area contributed by atoms with Crippen LogP contribution in [0, 0.1) is 26.6 Å². The molecule has 3 N–H and O–H groups in total. The van der Waals surface area contributed by atoms with Crippen LogP contribution in [0.15, 0.2) is 36.4 Å². The summed E-state index contributed by atoms with van der Waals surface area (Å²) in [6.45, 7) is 5.43. The van der Waals surface area contributed by atoms with E-state index >= 15 is 0 Å². The van der Waals surface area contributed by atoms with Crippen LogP contribution >= 0.6 is 11.3 Å². The molecule has 144 valence electrons. The Labute approximate surface area is 166 Å². The number of nitrogens with one attached hydrogen (secondary N) is 1. The van der Waals surface area contributed by atoms with Crippen LogP contribution in [0.25, 0.3) is 11.3 Å². The monoisotopic (exact) mass is 397 g/mol. The Morgan fingerprint density at radius 3 is 2.46 bits per heavy atom. The standard InChI is InChI=1S/C21H20FN3O2S/c1-11-4-6-14(7-5-11)20-18(28-13(3)24-20)10-19(26)25-17-9-15(21(23)27)8-16(22)12(17)2/h4-9H,10H2,1-3H3,(H2,23,27)(H,25,26). The summed E-state index contributed by atoms with van der Waals surface area (Å²) in [5.74, 6) is -1.67. The molecule has 0 aliphatic heterocycles. The first-order valence-corrected chi connectivity index (χ1v) is 9.49. The van der Waals surface area contributed by atoms with Crippen LogP contribution in [0.5, 0.6) is 0 Å². The fourth-order valence-electron chi connectivity index (χ4n) is 2.82. The maximum atomic E-state index is 14.0. The Hall–Kier alpha value is -3.06. The number of hydrogen-bond acceptors (Lipinski definition) is 4. The summed E-state index contributed by atoms with van der Waals surface area (Å²) in [5, 5.41) is 3.54. The highest BCUT2D eigenvalue weighted by atomic mass is 32.1. The van der Waals surface area contributed by atoms with E-state index in [4.69, 9.17) is 5.73 Å². The molecule has 0 atom stereocenters. The molecule has 0 unspecified atom stereocenters. The second-order valence-corrected chi connectivity index (χ2v) is 7.88. The molecule has 2 aromatic carbocycles. The number of nitrogens with zero attached hydrogens (tertiary/aromatic N) is 1. The first-order valence-electron chi connectivity index (χ1n) is 8.67. The number of rotatable bonds is 5. The van der Waals surface area contributed by atoms with E-state index in [0.717, 1.165) is 32.8 Å². The van der Waals surface area contributed by atoms with Crippen LogP contribution in [-0.2, 0) is 11.2 Å². The number of carbonyl (C=O) groups is 2. The number of aryl methyl sites for hydroxylation is 2. The number of primary amides is 1. The van der Waals surface area contributed by atoms with Gasteiger partial charge in [0.15, 0.2) is 0 Å². The fraction of sp³-hybridized carbons (Fsp3) is 0.190. The molecular weight excluding hydrogens is 377 g/mol. The van der Waals surface area contributed by atoms with Gasteiger partial charge in [-0.3, -0.25) is 9.59 Å². The van der Waals surface area contributed by atoms with Crippen LogP contribution in [0.3, 0.4) is 0 Å². The van der Waals surface area contributed by atoms with Gasteiger partial charge in [-0.2, -0.15) is 0 Å². The molecule has 0 saturated heterocycles. The van der Waals surface area contributed by atoms with Gasteiger partial charge in [0, 0.05) is 27.3 Å². The average molecular weight is 397 g/mol. The van der Waals surface area contributed by atoms with Crippen molar-refractivity contribution >= 4 is 28.8 Å². The van der Waals surface area contributed by atoms with Crippen LogP contribution < -0.4 is 11.1 Å². The van der Waals surface area contributed by atoms with Gasteiger partial charge in [-0.05, 0) is 32.9 Å². The maximum Gasteiger partial charge on any atom is 0.248 e. The molecule has 1 heterocycles. The van der Waals surface area contributed by atoms with E-state index in [-0.39, 0.29) is 29.1 Å². The Kier molecular flexibility index (Phi) is 5.56. The summed E-state index contributed by atoms with van der Waals surface area (Å²) >= 11 is 1.45. The number of amides is 2. The number of benzene rings is 2. The van der Waals surface area contributed by atoms with E-state index in [0.29, 0.717) is 0 Å². The Morgan fingerprint density at radius 2 is 1.82 bits per heavy atom. The normalized spacial score (nSPS) is 10.7. The lowest BCUT2D eigenvalue weighted by Crippen LogP contribution is -2.17. The lowest BCUT2D eigenvalue weighted by atomic mass is 10.1. The van der Waals surface area contributed by atoms with Gasteiger partial charge < -0.3 is 11.1 Å². The minimum absolute atomic E-state index is 0.00683. The van der Waals surface area contributed by atoms with Gasteiger partial charge in [-0.15, -0.1) is 11.3 Å². The number of thiazole rings is 1. The number of nitrogens with two attached hydrogens (primary N) is 1. The van der Waals surface area contributed by atoms with E-state index < -0.39 is 11.7 Å². The molecule has 0 saturated carbocycles. The third-order valence-electron chi connectivity index (χ3n) is 4.35. The molecule has 3 aromatic rings. The largest absolute Gasteiger partial charge is 0.366 e. The van der Waals surface area contributed by atoms with Gasteiger partial charge in [0.2, 0.25) is 11.8 Å². The number of aromatic nitrogens is 1. The summed E-state index contributed by atoms with van der Waals surface area (Å²) in [7, 11) is 0. The van der Waals surface area contributed by atoms with E-state index in [9.17, 15) is 14.0 Å². The molecule has 0 fully saturated rings. The van der Waals surface area contributed by atoms with Crippen LogP contribution in [-0.4, -0.2) is 16.8 Å². The van der Waals surface area contributed by atoms with Crippen molar-refractivity contribution in [2.45, 2.75) is 27.2 Å². The van der Waals surface area contributed by atoms with Gasteiger partial charge in [-0.1, -0.05) is 29.8 Å². The molecule has 0 aliphatic carbocycles. The van der Waals surface area contributed by atoms with Crippen molar-refractivity contribution < 1.29 is 14.0 Å². The number of halogens is 1. The van der Waals surface area contributed by atoms with Gasteiger partial charge in [-0.25, -0.2) is 9.37 Å². The summed E-state index contributed by atoms with van der Waals surface area (Å²) in [5.41, 5.74) is 8.57. The predicted octanol–water partition coefficient (Wildman–Crippen LogP) is 4.15. The Morgan fingerprint density at radius 1 is 1.14 bits per heavy atom. The third kappa shape index (κ3) is 4.26. The van der Waals surface area contributed by atoms with Crippen molar-refractivity contribution in [3.8, 4) is 11.3 Å². The average Bonchev–Trinajstić information content (AvgIpc) is 2.99. The van der Waals surface area contributed by atoms with Gasteiger partial charge in [0.25, 0.3) is 0 Å². The molecule has 0 bridgehead atoms. The lowest BCUT2D eigenvalue weighted by molar-refractivity contribution is -0.115. The van der Waals surface area contributed by atoms with E-state index in [1.807, 2.05) is 38.1 Å². The molecule has 0 radical (unpaired) electrons. The van der Waals surface area contributed by atoms with Crippen LogP contribution in [0.4, 0.5) is 10.1 Å². The van der Waals surface area contributed by atoms with Crippen molar-refractivity contribution in [3.05, 3.63) is 68.8 Å². The minimum Gasteiger partial charge on any atom is -0.366 e. The number of hydrogen-bond donors (Lipinski definition) is 2. The Balaban J connectivity index is 1.85. The molecule has 7 heteroatoms. The van der Waals surface area contributed by atoms with Gasteiger partial charge in [0.05, 0.1) is 17.1 Å². The summed E-state index contributed by atoms with van der Waals surface area (Å²) in [6, 6.07) is 10.4. The first-order chi connectivity index (χ1) is 13.2. The maximum absolute atomic E-state index is 14.0. The first kappa shape index (κ1) is 19.7. The molecule has 5 nitrogen and oxygen atoms in total. The van der Waals surface area contributed by atoms with E-state index in [1.54, 1.807) is 0 Å². The Bertz CT molecular complexity index is 1060. The number of anilines is 1. The van der Waals surface area contributed by atoms with E-state index in [2.05, 4.69) is 10.3 Å². The molecule has 2 amide bonds. The zero-order chi connectivity index (χ0) is 20.4. The highest BCUT2D eigenvalue weighted by molar-refractivity contribution is 7.12. The summed E-state index contributed by atoms with van der Waals surface area (Å²) in [6.07, 6.45) is 0.0938. The SMILES string of the molecule is Cc1ccc(-c2nc(C)sc2CC(=O)Nc2cc(C(N)=O)cc(F)c2C)cc1. The quantitative estimate of drug-likeness (QED) is 0.678. The smallest absolute Gasteiger partial charge is 0.248 e. The topological polar surface area (TPSA) is 85.1 Å². The van der Waals surface area contributed by atoms with Crippen molar-refractivity contribution in [1.82, 2.24) is 4.98 Å². The van der Waals surface area contributed by atoms with Gasteiger partial charge in [0.1, 0.15) is 5.82 Å². The molecule has 3 rings (SSSR count). The van der Waals surface area contributed by atoms with Crippen LogP contribution in [0.1, 0.15) is 31.4 Å². The summed E-state index contributed by atoms with van der Waals surface area (Å²) in [4.78, 5) is 29.3. The zero-order valence-electron chi connectivity index (χ0n) is 15.8. The van der Waals surface area contributed by atoms with E-state index in [1.165, 1.54) is 24.3 Å². The summed E-state index contributed by atoms with van der Waals surface area (Å²) < 4.78 is 14.0. The molecular formula is C21H20FN3O2S. The second-order valence-electron chi connectivity index (χ2n) is 6.59. The van der Waals surface area contributed by atoms with Crippen molar-refractivity contribution in [2.75, 3.05) is 5.32 Å². The minimum atomic E-state index is -0.755. The van der Waals surface area contributed by atoms with Crippen molar-refractivity contribution in [2.24, 2.45) is 5.73 Å². The van der Waals surface area contributed by atoms with Crippen molar-refractivity contribution in [1.29, 1.82) is 0 Å². The lowest BCUT2D eigenvalue weighted by Gasteiger charge is -2.11.